The highest BCUT2D eigenvalue weighted by molar-refractivity contribution is 7.23. The van der Waals surface area contributed by atoms with Gasteiger partial charge >= 0.3 is 6.01 Å². The number of likely N-dealkylation sites (N-methyl/N-ethyl adjacent to an activating group) is 1. The van der Waals surface area contributed by atoms with Crippen LogP contribution in [0.3, 0.4) is 0 Å². The van der Waals surface area contributed by atoms with Gasteiger partial charge in [-0.25, -0.2) is 17.6 Å². The molecule has 7 heterocycles. The fourth-order valence-electron chi connectivity index (χ4n) is 8.29. The van der Waals surface area contributed by atoms with Crippen LogP contribution in [0.2, 0.25) is 0 Å². The summed E-state index contributed by atoms with van der Waals surface area (Å²) in [5.74, 6) is -3.71. The summed E-state index contributed by atoms with van der Waals surface area (Å²) >= 11 is 0.900. The lowest BCUT2D eigenvalue weighted by molar-refractivity contribution is -0.0804. The second-order valence-corrected chi connectivity index (χ2v) is 15.0. The van der Waals surface area contributed by atoms with Crippen molar-refractivity contribution < 1.29 is 32.1 Å². The highest BCUT2D eigenvalue weighted by atomic mass is 32.1. The van der Waals surface area contributed by atoms with Crippen LogP contribution >= 0.6 is 11.3 Å². The molecular weight excluding hydrogens is 676 g/mol. The Bertz CT molecular complexity index is 2040. The van der Waals surface area contributed by atoms with E-state index in [1.54, 1.807) is 18.9 Å². The quantitative estimate of drug-likeness (QED) is 0.256. The van der Waals surface area contributed by atoms with E-state index < -0.39 is 30.2 Å². The van der Waals surface area contributed by atoms with Crippen LogP contribution in [0.1, 0.15) is 49.3 Å². The van der Waals surface area contributed by atoms with Gasteiger partial charge in [0.1, 0.15) is 29.0 Å². The van der Waals surface area contributed by atoms with E-state index in [-0.39, 0.29) is 94.2 Å². The molecule has 8 rings (SSSR count). The molecule has 0 radical (unpaired) electrons. The average molecular weight is 713 g/mol. The number of nitrogens with two attached hydrogens (primary N) is 1. The SMILES string of the molecule is CC(O)CN1CC2CCC(C1)N2c1nc(OC[C@@H]2CCC(F)(F)CN2C)nc2c(F)c(-c3ncc(F)c4sc(N)c(C#N)c34)c3c(c12)COC3. The van der Waals surface area contributed by atoms with E-state index in [4.69, 9.17) is 20.2 Å². The van der Waals surface area contributed by atoms with Crippen LogP contribution in [0.25, 0.3) is 32.2 Å². The second-order valence-electron chi connectivity index (χ2n) is 13.9. The summed E-state index contributed by atoms with van der Waals surface area (Å²) in [4.78, 5) is 19.8. The number of nitriles is 1. The third kappa shape index (κ3) is 5.50. The predicted molar refractivity (Wildman–Crippen MR) is 179 cm³/mol. The molecular formula is C34H36F4N8O3S. The van der Waals surface area contributed by atoms with Gasteiger partial charge in [-0.05, 0) is 44.4 Å². The van der Waals surface area contributed by atoms with Crippen molar-refractivity contribution >= 4 is 43.1 Å². The number of anilines is 2. The summed E-state index contributed by atoms with van der Waals surface area (Å²) in [6.07, 6.45) is 2.19. The summed E-state index contributed by atoms with van der Waals surface area (Å²) in [5.41, 5.74) is 7.36. The molecule has 3 fully saturated rings. The number of hydrogen-bond donors (Lipinski definition) is 2. The summed E-state index contributed by atoms with van der Waals surface area (Å²) in [6, 6.07) is 1.66. The number of thiophene rings is 1. The monoisotopic (exact) mass is 712 g/mol. The lowest BCUT2D eigenvalue weighted by Gasteiger charge is -2.42. The Hall–Kier alpha value is -3.88. The Morgan fingerprint density at radius 3 is 2.60 bits per heavy atom. The number of pyridine rings is 1. The predicted octanol–water partition coefficient (Wildman–Crippen LogP) is 4.81. The van der Waals surface area contributed by atoms with E-state index in [1.807, 2.05) is 6.07 Å². The number of piperidine rings is 1. The lowest BCUT2D eigenvalue weighted by atomic mass is 9.93. The lowest BCUT2D eigenvalue weighted by Crippen LogP contribution is -2.55. The minimum absolute atomic E-state index is 0.0142. The molecule has 0 aliphatic carbocycles. The van der Waals surface area contributed by atoms with Crippen LogP contribution in [-0.2, 0) is 18.0 Å². The summed E-state index contributed by atoms with van der Waals surface area (Å²) in [5, 5.41) is 20.8. The van der Waals surface area contributed by atoms with Gasteiger partial charge in [0.25, 0.3) is 5.92 Å². The Labute approximate surface area is 289 Å². The molecule has 16 heteroatoms. The standard InChI is InChI=1S/C34H36F4N8O3S/c1-16(47)9-45-10-17-3-4-18(11-45)46(17)32-26-22-14-48-13-21(22)24(28-25-20(7-39)31(40)50-30(25)23(35)8-41-28)27(36)29(26)42-33(43-32)49-12-19-5-6-34(37,38)15-44(19)2/h8,16-19,47H,3-6,9-15,40H2,1-2H3/t16?,17?,18?,19-/m0/s1. The Morgan fingerprint density at radius 2 is 1.90 bits per heavy atom. The maximum absolute atomic E-state index is 17.4. The number of benzene rings is 1. The molecule has 11 nitrogen and oxygen atoms in total. The van der Waals surface area contributed by atoms with E-state index in [9.17, 15) is 23.5 Å². The highest BCUT2D eigenvalue weighted by Crippen LogP contribution is 2.48. The number of β-amino-alcohol motifs (C(OH)–C–C–N with tert-alkyl or cyclic N) is 1. The molecule has 50 heavy (non-hydrogen) atoms. The van der Waals surface area contributed by atoms with Crippen molar-refractivity contribution in [1.82, 2.24) is 24.8 Å². The third-order valence-corrected chi connectivity index (χ3v) is 11.5. The van der Waals surface area contributed by atoms with Crippen LogP contribution in [0.5, 0.6) is 6.01 Å². The minimum atomic E-state index is -2.78. The molecule has 4 atom stereocenters. The number of halogens is 4. The average Bonchev–Trinajstić information content (AvgIpc) is 3.74. The van der Waals surface area contributed by atoms with E-state index >= 15 is 4.39 Å². The van der Waals surface area contributed by atoms with Crippen molar-refractivity contribution in [1.29, 1.82) is 5.26 Å². The number of rotatable bonds is 7. The van der Waals surface area contributed by atoms with Gasteiger partial charge in [0.05, 0.1) is 53.4 Å². The van der Waals surface area contributed by atoms with Crippen molar-refractivity contribution in [3.8, 4) is 23.3 Å². The first kappa shape index (κ1) is 33.3. The zero-order chi connectivity index (χ0) is 35.1. The molecule has 3 N–H and O–H groups in total. The number of aliphatic hydroxyl groups is 1. The maximum Gasteiger partial charge on any atom is 0.319 e. The molecule has 0 amide bonds. The van der Waals surface area contributed by atoms with E-state index in [2.05, 4.69) is 19.8 Å². The molecule has 0 saturated carbocycles. The molecule has 264 valence electrons. The van der Waals surface area contributed by atoms with Crippen molar-refractivity contribution in [3.63, 3.8) is 0 Å². The smallest absolute Gasteiger partial charge is 0.319 e. The summed E-state index contributed by atoms with van der Waals surface area (Å²) in [6.45, 7) is 3.46. The number of likely N-dealkylation sites (tertiary alicyclic amines) is 2. The molecule has 1 aromatic carbocycles. The Morgan fingerprint density at radius 1 is 1.16 bits per heavy atom. The largest absolute Gasteiger partial charge is 0.462 e. The maximum atomic E-state index is 17.4. The molecule has 4 aliphatic heterocycles. The van der Waals surface area contributed by atoms with Crippen molar-refractivity contribution in [3.05, 3.63) is 34.5 Å². The number of piperazine rings is 1. The highest BCUT2D eigenvalue weighted by Gasteiger charge is 2.43. The van der Waals surface area contributed by atoms with E-state index in [0.717, 1.165) is 30.4 Å². The first-order valence-corrected chi connectivity index (χ1v) is 17.5. The molecule has 3 saturated heterocycles. The number of nitrogen functional groups attached to an aromatic ring is 1. The van der Waals surface area contributed by atoms with Gasteiger partial charge in [0.2, 0.25) is 0 Å². The number of fused-ring (bicyclic) bond motifs is 6. The Kier molecular flexibility index (Phi) is 8.26. The fourth-order valence-corrected chi connectivity index (χ4v) is 9.21. The fraction of sp³-hybridized carbons (Fsp3) is 0.529. The molecule has 0 spiro atoms. The third-order valence-electron chi connectivity index (χ3n) is 10.5. The summed E-state index contributed by atoms with van der Waals surface area (Å²) < 4.78 is 72.7. The number of aliphatic hydroxyl groups excluding tert-OH is 1. The zero-order valence-corrected chi connectivity index (χ0v) is 28.4. The number of hydrogen-bond acceptors (Lipinski definition) is 12. The van der Waals surface area contributed by atoms with Crippen LogP contribution in [-0.4, -0.2) is 99.8 Å². The molecule has 4 aliphatic rings. The summed E-state index contributed by atoms with van der Waals surface area (Å²) in [7, 11) is 1.62. The molecule has 4 aromatic rings. The van der Waals surface area contributed by atoms with Crippen LogP contribution in [0.15, 0.2) is 6.20 Å². The van der Waals surface area contributed by atoms with Crippen molar-refractivity contribution in [2.45, 2.75) is 76.0 Å². The zero-order valence-electron chi connectivity index (χ0n) is 27.6. The molecule has 3 unspecified atom stereocenters. The van der Waals surface area contributed by atoms with Gasteiger partial charge in [-0.1, -0.05) is 0 Å². The van der Waals surface area contributed by atoms with E-state index in [0.29, 0.717) is 42.0 Å². The van der Waals surface area contributed by atoms with Crippen LogP contribution in [0, 0.1) is 23.0 Å². The van der Waals surface area contributed by atoms with Gasteiger partial charge in [0.15, 0.2) is 11.6 Å². The van der Waals surface area contributed by atoms with Gasteiger partial charge in [-0.3, -0.25) is 14.8 Å². The van der Waals surface area contributed by atoms with Gasteiger partial charge < -0.3 is 25.2 Å². The normalized spacial score (nSPS) is 24.2. The number of aromatic nitrogens is 3. The molecule has 3 aromatic heterocycles. The van der Waals surface area contributed by atoms with Gasteiger partial charge in [-0.2, -0.15) is 15.2 Å². The van der Waals surface area contributed by atoms with E-state index in [1.165, 1.54) is 0 Å². The van der Waals surface area contributed by atoms with Crippen molar-refractivity contribution in [2.24, 2.45) is 0 Å². The second kappa shape index (κ2) is 12.4. The van der Waals surface area contributed by atoms with Crippen LogP contribution < -0.4 is 15.4 Å². The Balaban J connectivity index is 1.30. The number of alkyl halides is 2. The first-order valence-electron chi connectivity index (χ1n) is 16.7. The van der Waals surface area contributed by atoms with Crippen LogP contribution in [0.4, 0.5) is 28.4 Å². The van der Waals surface area contributed by atoms with Crippen molar-refractivity contribution in [2.75, 3.05) is 50.5 Å². The van der Waals surface area contributed by atoms with Gasteiger partial charge in [0, 0.05) is 55.1 Å². The van der Waals surface area contributed by atoms with Gasteiger partial charge in [-0.15, -0.1) is 11.3 Å². The number of ether oxygens (including phenoxy) is 2. The molecule has 2 bridgehead atoms. The topological polar surface area (TPSA) is 137 Å². The minimum Gasteiger partial charge on any atom is -0.462 e. The number of nitrogens with zero attached hydrogens (tertiary/aromatic N) is 7. The first-order chi connectivity index (χ1) is 23.9.